The molecule has 0 aliphatic heterocycles. The third-order valence-corrected chi connectivity index (χ3v) is 2.09. The molecule has 1 aromatic rings. The van der Waals surface area contributed by atoms with Crippen molar-refractivity contribution in [3.8, 4) is 17.9 Å². The molecule has 0 aromatic heterocycles. The van der Waals surface area contributed by atoms with Crippen LogP contribution in [0.4, 0.5) is 4.79 Å². The number of benzene rings is 1. The Labute approximate surface area is 118 Å². The van der Waals surface area contributed by atoms with E-state index in [1.807, 2.05) is 0 Å². The highest BCUT2D eigenvalue weighted by Crippen LogP contribution is 2.14. The minimum absolute atomic E-state index is 0.340. The molecule has 0 saturated heterocycles. The van der Waals surface area contributed by atoms with E-state index >= 15 is 0 Å². The summed E-state index contributed by atoms with van der Waals surface area (Å²) >= 11 is 0. The van der Waals surface area contributed by atoms with Gasteiger partial charge in [-0.2, -0.15) is 0 Å². The maximum Gasteiger partial charge on any atom is 0.421 e. The van der Waals surface area contributed by atoms with Crippen LogP contribution < -0.4 is 4.74 Å². The molecule has 0 N–H and O–H groups in total. The second-order valence-corrected chi connectivity index (χ2v) is 5.01. The van der Waals surface area contributed by atoms with Gasteiger partial charge in [-0.1, -0.05) is 12.1 Å². The quantitative estimate of drug-likeness (QED) is 0.473. The van der Waals surface area contributed by atoms with Crippen LogP contribution in [-0.2, 0) is 4.74 Å². The first kappa shape index (κ1) is 15.6. The molecule has 0 aliphatic rings. The van der Waals surface area contributed by atoms with Gasteiger partial charge < -0.3 is 9.47 Å². The van der Waals surface area contributed by atoms with Gasteiger partial charge in [0.25, 0.3) is 0 Å². The highest BCUT2D eigenvalue weighted by Gasteiger charge is 2.18. The molecular formula is C15H17NO4. The fourth-order valence-corrected chi connectivity index (χ4v) is 1.19. The lowest BCUT2D eigenvalue weighted by atomic mass is 10.2. The van der Waals surface area contributed by atoms with Crippen molar-refractivity contribution < 1.29 is 19.1 Å². The molecule has 0 fully saturated rings. The van der Waals surface area contributed by atoms with E-state index in [1.165, 1.54) is 7.05 Å². The zero-order valence-electron chi connectivity index (χ0n) is 12.0. The maximum absolute atomic E-state index is 11.6. The molecular weight excluding hydrogens is 258 g/mol. The maximum atomic E-state index is 11.6. The van der Waals surface area contributed by atoms with Gasteiger partial charge in [0.05, 0.1) is 11.6 Å². The molecule has 106 valence electrons. The number of amides is 1. The van der Waals surface area contributed by atoms with E-state index in [2.05, 4.69) is 12.2 Å². The van der Waals surface area contributed by atoms with Crippen molar-refractivity contribution in [1.82, 2.24) is 4.90 Å². The minimum atomic E-state index is -0.585. The highest BCUT2D eigenvalue weighted by atomic mass is 16.6. The third-order valence-electron chi connectivity index (χ3n) is 2.09. The Kier molecular flexibility index (Phi) is 5.15. The van der Waals surface area contributed by atoms with Gasteiger partial charge in [0.2, 0.25) is 0 Å². The van der Waals surface area contributed by atoms with E-state index in [1.54, 1.807) is 45.0 Å². The van der Waals surface area contributed by atoms with Gasteiger partial charge in [0, 0.05) is 7.05 Å². The van der Waals surface area contributed by atoms with Crippen LogP contribution in [0, 0.1) is 12.2 Å². The van der Waals surface area contributed by atoms with Crippen LogP contribution in [0.1, 0.15) is 31.1 Å². The number of hydrogen-bond donors (Lipinski definition) is 0. The molecule has 0 bridgehead atoms. The van der Waals surface area contributed by atoms with Crippen LogP contribution in [0.25, 0.3) is 0 Å². The lowest BCUT2D eigenvalue weighted by molar-refractivity contribution is 0.0386. The van der Waals surface area contributed by atoms with Crippen LogP contribution in [0.3, 0.4) is 0 Å². The normalized spacial score (nSPS) is 10.0. The topological polar surface area (TPSA) is 55.8 Å². The predicted octanol–water partition coefficient (Wildman–Crippen LogP) is 2.66. The molecule has 1 aromatic carbocycles. The van der Waals surface area contributed by atoms with Gasteiger partial charge in [0.15, 0.2) is 12.0 Å². The van der Waals surface area contributed by atoms with Gasteiger partial charge in [-0.25, -0.2) is 9.69 Å². The minimum Gasteiger partial charge on any atom is -0.443 e. The number of rotatable bonds is 2. The molecule has 0 spiro atoms. The summed E-state index contributed by atoms with van der Waals surface area (Å²) in [6.07, 6.45) is 2.46. The summed E-state index contributed by atoms with van der Waals surface area (Å²) in [6.45, 7) is 5.30. The Morgan fingerprint density at radius 1 is 1.30 bits per heavy atom. The molecule has 0 radical (unpaired) electrons. The summed E-state index contributed by atoms with van der Waals surface area (Å²) in [5.41, 5.74) is -0.195. The lowest BCUT2D eigenvalue weighted by Gasteiger charge is -2.21. The Balaban J connectivity index is 2.66. The zero-order valence-corrected chi connectivity index (χ0v) is 12.0. The van der Waals surface area contributed by atoms with E-state index < -0.39 is 11.7 Å². The van der Waals surface area contributed by atoms with Crippen molar-refractivity contribution >= 4 is 12.4 Å². The van der Waals surface area contributed by atoms with E-state index in [0.717, 1.165) is 4.90 Å². The first-order valence-electron chi connectivity index (χ1n) is 6.02. The van der Waals surface area contributed by atoms with Gasteiger partial charge in [-0.15, -0.1) is 0 Å². The van der Waals surface area contributed by atoms with Crippen molar-refractivity contribution in [3.63, 3.8) is 0 Å². The number of para-hydroxylation sites is 1. The van der Waals surface area contributed by atoms with Crippen LogP contribution in [-0.4, -0.2) is 29.9 Å². The third kappa shape index (κ3) is 5.02. The van der Waals surface area contributed by atoms with Gasteiger partial charge in [-0.05, 0) is 32.9 Å². The van der Waals surface area contributed by atoms with Crippen LogP contribution in [0.15, 0.2) is 24.3 Å². The van der Waals surface area contributed by atoms with E-state index in [0.29, 0.717) is 17.6 Å². The summed E-state index contributed by atoms with van der Waals surface area (Å²) in [5, 5.41) is 0. The van der Waals surface area contributed by atoms with Crippen molar-refractivity contribution in [1.29, 1.82) is 0 Å². The van der Waals surface area contributed by atoms with Gasteiger partial charge >= 0.3 is 6.09 Å². The summed E-state index contributed by atoms with van der Waals surface area (Å²) in [7, 11) is 1.47. The zero-order chi connectivity index (χ0) is 15.2. The van der Waals surface area contributed by atoms with Gasteiger partial charge in [0.1, 0.15) is 11.7 Å². The van der Waals surface area contributed by atoms with Crippen LogP contribution >= 0.6 is 0 Å². The average Bonchev–Trinajstić information content (AvgIpc) is 2.37. The molecule has 0 aliphatic carbocycles. The first-order chi connectivity index (χ1) is 9.33. The fraction of sp³-hybridized carbons (Fsp3) is 0.333. The Bertz CT molecular complexity index is 549. The molecule has 1 amide bonds. The lowest BCUT2D eigenvalue weighted by Crippen LogP contribution is -2.31. The fourth-order valence-electron chi connectivity index (χ4n) is 1.19. The molecule has 0 heterocycles. The van der Waals surface area contributed by atoms with Crippen molar-refractivity contribution in [3.05, 3.63) is 29.8 Å². The average molecular weight is 275 g/mol. The Hall–Kier alpha value is -2.48. The second-order valence-electron chi connectivity index (χ2n) is 5.01. The van der Waals surface area contributed by atoms with Crippen molar-refractivity contribution in [2.75, 3.05) is 7.05 Å². The van der Waals surface area contributed by atoms with Crippen molar-refractivity contribution in [2.24, 2.45) is 0 Å². The van der Waals surface area contributed by atoms with E-state index in [-0.39, 0.29) is 0 Å². The molecule has 0 saturated carbocycles. The monoisotopic (exact) mass is 275 g/mol. The summed E-state index contributed by atoms with van der Waals surface area (Å²) < 4.78 is 10.3. The predicted molar refractivity (Wildman–Crippen MR) is 74.2 cm³/mol. The Morgan fingerprint density at radius 3 is 2.55 bits per heavy atom. The molecule has 5 nitrogen and oxygen atoms in total. The smallest absolute Gasteiger partial charge is 0.421 e. The Morgan fingerprint density at radius 2 is 1.95 bits per heavy atom. The summed E-state index contributed by atoms with van der Waals surface area (Å²) in [6, 6.07) is 9.15. The molecule has 0 unspecified atom stereocenters. The standard InChI is InChI=1S/C15H17NO4/c1-15(2,3)20-14(18)16(4)9-10-19-13-8-6-5-7-12(13)11-17/h5-8,11H,1-4H3. The second kappa shape index (κ2) is 6.62. The van der Waals surface area contributed by atoms with Crippen molar-refractivity contribution in [2.45, 2.75) is 26.4 Å². The molecule has 1 rings (SSSR count). The number of carbonyl (C=O) groups is 2. The number of aldehydes is 1. The first-order valence-corrected chi connectivity index (χ1v) is 6.02. The number of hydrogen-bond acceptors (Lipinski definition) is 4. The number of nitrogens with zero attached hydrogens (tertiary/aromatic N) is 1. The SMILES string of the molecule is CN(C#COc1ccccc1C=O)C(=O)OC(C)(C)C. The highest BCUT2D eigenvalue weighted by molar-refractivity contribution is 5.79. The number of ether oxygens (including phenoxy) is 2. The largest absolute Gasteiger partial charge is 0.443 e. The van der Waals surface area contributed by atoms with E-state index in [4.69, 9.17) is 9.47 Å². The number of carbonyl (C=O) groups excluding carboxylic acids is 2. The van der Waals surface area contributed by atoms with Crippen LogP contribution in [0.5, 0.6) is 5.75 Å². The summed E-state index contributed by atoms with van der Waals surface area (Å²) in [5.74, 6) is 0.340. The van der Waals surface area contributed by atoms with E-state index in [9.17, 15) is 9.59 Å². The molecule has 20 heavy (non-hydrogen) atoms. The summed E-state index contributed by atoms with van der Waals surface area (Å²) in [4.78, 5) is 23.5. The van der Waals surface area contributed by atoms with Crippen LogP contribution in [0.2, 0.25) is 0 Å². The molecule has 0 atom stereocenters. The molecule has 5 heteroatoms. The van der Waals surface area contributed by atoms with Gasteiger partial charge in [-0.3, -0.25) is 4.79 Å².